The molecule has 0 aliphatic rings. The highest BCUT2D eigenvalue weighted by Crippen LogP contribution is 2.28. The van der Waals surface area contributed by atoms with Crippen molar-refractivity contribution in [3.63, 3.8) is 0 Å². The predicted molar refractivity (Wildman–Crippen MR) is 107 cm³/mol. The van der Waals surface area contributed by atoms with Gasteiger partial charge in [0, 0.05) is 12.1 Å². The Morgan fingerprint density at radius 1 is 1.04 bits per heavy atom. The van der Waals surface area contributed by atoms with Crippen LogP contribution in [-0.2, 0) is 13.0 Å². The number of hydrogen-bond donors (Lipinski definition) is 1. The molecular weight excluding hydrogens is 362 g/mol. The van der Waals surface area contributed by atoms with E-state index in [1.165, 1.54) is 0 Å². The highest BCUT2D eigenvalue weighted by Gasteiger charge is 2.10. The maximum Gasteiger partial charge on any atom is 0.195 e. The maximum absolute atomic E-state index is 5.50. The molecule has 0 saturated carbocycles. The van der Waals surface area contributed by atoms with Crippen LogP contribution in [0.1, 0.15) is 12.5 Å². The Labute approximate surface area is 163 Å². The Kier molecular flexibility index (Phi) is 6.13. The number of hydrogen-bond acceptors (Lipinski definition) is 5. The van der Waals surface area contributed by atoms with E-state index in [2.05, 4.69) is 10.2 Å². The molecule has 2 aromatic carbocycles. The number of aromatic nitrogens is 3. The van der Waals surface area contributed by atoms with Crippen molar-refractivity contribution in [1.29, 1.82) is 0 Å². The Hall–Kier alpha value is -2.80. The first-order valence-electron chi connectivity index (χ1n) is 8.75. The first kappa shape index (κ1) is 19.0. The summed E-state index contributed by atoms with van der Waals surface area (Å²) in [4.78, 5) is 0. The lowest BCUT2D eigenvalue weighted by molar-refractivity contribution is 0.340. The highest BCUT2D eigenvalue weighted by molar-refractivity contribution is 7.71. The number of H-pyrrole nitrogens is 1. The fraction of sp³-hybridized carbons (Fsp3) is 0.300. The van der Waals surface area contributed by atoms with Gasteiger partial charge in [0.1, 0.15) is 5.75 Å². The predicted octanol–water partition coefficient (Wildman–Crippen LogP) is 4.27. The molecule has 0 fully saturated rings. The van der Waals surface area contributed by atoms with Crippen molar-refractivity contribution in [3.05, 3.63) is 52.8 Å². The second kappa shape index (κ2) is 8.73. The zero-order valence-electron chi connectivity index (χ0n) is 15.7. The zero-order chi connectivity index (χ0) is 19.2. The molecule has 0 saturated heterocycles. The number of rotatable bonds is 8. The van der Waals surface area contributed by atoms with Crippen LogP contribution in [0.15, 0.2) is 42.5 Å². The molecule has 142 valence electrons. The van der Waals surface area contributed by atoms with Gasteiger partial charge in [0.15, 0.2) is 22.1 Å². The minimum atomic E-state index is 0.597. The lowest BCUT2D eigenvalue weighted by atomic mass is 10.1. The van der Waals surface area contributed by atoms with Crippen LogP contribution in [0.5, 0.6) is 17.2 Å². The van der Waals surface area contributed by atoms with Crippen molar-refractivity contribution in [2.45, 2.75) is 19.9 Å². The molecule has 0 spiro atoms. The molecule has 0 atom stereocenters. The van der Waals surface area contributed by atoms with Crippen LogP contribution in [0.25, 0.3) is 11.4 Å². The van der Waals surface area contributed by atoms with Crippen LogP contribution in [0.4, 0.5) is 0 Å². The number of ether oxygens (including phenoxy) is 3. The second-order valence-electron chi connectivity index (χ2n) is 5.90. The second-order valence-corrected chi connectivity index (χ2v) is 6.29. The molecule has 0 aliphatic carbocycles. The highest BCUT2D eigenvalue weighted by atomic mass is 32.1. The maximum atomic E-state index is 5.50. The van der Waals surface area contributed by atoms with Crippen LogP contribution < -0.4 is 14.2 Å². The average molecular weight is 385 g/mol. The number of nitrogens with zero attached hydrogens (tertiary/aromatic N) is 2. The van der Waals surface area contributed by atoms with Gasteiger partial charge in [-0.3, -0.25) is 9.67 Å². The summed E-state index contributed by atoms with van der Waals surface area (Å²) in [6.45, 7) is 3.31. The lowest BCUT2D eigenvalue weighted by Crippen LogP contribution is -2.04. The molecule has 7 heteroatoms. The smallest absolute Gasteiger partial charge is 0.195 e. The van der Waals surface area contributed by atoms with Gasteiger partial charge in [-0.25, -0.2) is 0 Å². The van der Waals surface area contributed by atoms with E-state index < -0.39 is 0 Å². The number of benzene rings is 2. The van der Waals surface area contributed by atoms with Crippen molar-refractivity contribution in [2.75, 3.05) is 20.8 Å². The van der Waals surface area contributed by atoms with E-state index in [0.717, 1.165) is 40.6 Å². The quantitative estimate of drug-likeness (QED) is 0.587. The third kappa shape index (κ3) is 4.31. The van der Waals surface area contributed by atoms with Gasteiger partial charge in [-0.1, -0.05) is 6.07 Å². The van der Waals surface area contributed by atoms with Crippen molar-refractivity contribution in [1.82, 2.24) is 14.8 Å². The number of aromatic amines is 1. The van der Waals surface area contributed by atoms with Gasteiger partial charge in [-0.05, 0) is 67.5 Å². The third-order valence-electron chi connectivity index (χ3n) is 4.25. The summed E-state index contributed by atoms with van der Waals surface area (Å²) in [7, 11) is 3.27. The third-order valence-corrected chi connectivity index (χ3v) is 4.57. The molecule has 0 bridgehead atoms. The Balaban J connectivity index is 1.80. The molecular formula is C20H23N3O3S. The van der Waals surface area contributed by atoms with Gasteiger partial charge in [0.25, 0.3) is 0 Å². The minimum Gasteiger partial charge on any atom is -0.494 e. The average Bonchev–Trinajstić information content (AvgIpc) is 3.07. The standard InChI is InChI=1S/C20H23N3O3S/c1-4-26-16-8-6-15(7-9-16)19-21-22-20(27)23(19)12-11-14-5-10-17(24-2)18(13-14)25-3/h5-10,13H,4,11-12H2,1-3H3,(H,22,27). The molecule has 1 N–H and O–H groups in total. The number of nitrogens with one attached hydrogen (secondary N) is 1. The van der Waals surface area contributed by atoms with Gasteiger partial charge in [0.2, 0.25) is 0 Å². The van der Waals surface area contributed by atoms with E-state index in [4.69, 9.17) is 26.4 Å². The number of methoxy groups -OCH3 is 2. The Morgan fingerprint density at radius 3 is 2.44 bits per heavy atom. The summed E-state index contributed by atoms with van der Waals surface area (Å²) in [6, 6.07) is 13.8. The Bertz CT molecular complexity index is 948. The van der Waals surface area contributed by atoms with E-state index in [0.29, 0.717) is 17.9 Å². The first-order valence-corrected chi connectivity index (χ1v) is 9.16. The summed E-state index contributed by atoms with van der Waals surface area (Å²) in [5, 5.41) is 7.29. The molecule has 1 aromatic heterocycles. The molecule has 3 aromatic rings. The van der Waals surface area contributed by atoms with Crippen molar-refractivity contribution >= 4 is 12.2 Å². The summed E-state index contributed by atoms with van der Waals surface area (Å²) >= 11 is 5.42. The number of aryl methyl sites for hydroxylation is 1. The van der Waals surface area contributed by atoms with Gasteiger partial charge >= 0.3 is 0 Å². The van der Waals surface area contributed by atoms with Crippen LogP contribution in [0.3, 0.4) is 0 Å². The molecule has 1 heterocycles. The summed E-state index contributed by atoms with van der Waals surface area (Å²) in [6.07, 6.45) is 0.790. The topological polar surface area (TPSA) is 61.3 Å². The first-order chi connectivity index (χ1) is 13.2. The van der Waals surface area contributed by atoms with Crippen LogP contribution in [0, 0.1) is 4.77 Å². The van der Waals surface area contributed by atoms with E-state index in [1.54, 1.807) is 14.2 Å². The summed E-state index contributed by atoms with van der Waals surface area (Å²) < 4.78 is 18.8. The summed E-state index contributed by atoms with van der Waals surface area (Å²) in [5.41, 5.74) is 2.12. The zero-order valence-corrected chi connectivity index (χ0v) is 16.5. The normalized spacial score (nSPS) is 10.6. The molecule has 0 aliphatic heterocycles. The van der Waals surface area contributed by atoms with E-state index in [9.17, 15) is 0 Å². The van der Waals surface area contributed by atoms with Gasteiger partial charge in [0.05, 0.1) is 20.8 Å². The fourth-order valence-electron chi connectivity index (χ4n) is 2.89. The van der Waals surface area contributed by atoms with Crippen LogP contribution >= 0.6 is 12.2 Å². The lowest BCUT2D eigenvalue weighted by Gasteiger charge is -2.11. The minimum absolute atomic E-state index is 0.597. The van der Waals surface area contributed by atoms with E-state index >= 15 is 0 Å². The molecule has 6 nitrogen and oxygen atoms in total. The van der Waals surface area contributed by atoms with Crippen LogP contribution in [0.2, 0.25) is 0 Å². The fourth-order valence-corrected chi connectivity index (χ4v) is 3.11. The molecule has 27 heavy (non-hydrogen) atoms. The van der Waals surface area contributed by atoms with E-state index in [-0.39, 0.29) is 0 Å². The van der Waals surface area contributed by atoms with Crippen LogP contribution in [-0.4, -0.2) is 35.6 Å². The van der Waals surface area contributed by atoms with Crippen molar-refractivity contribution in [2.24, 2.45) is 0 Å². The molecule has 0 unspecified atom stereocenters. The van der Waals surface area contributed by atoms with Gasteiger partial charge in [-0.2, -0.15) is 5.10 Å². The molecule has 0 amide bonds. The van der Waals surface area contributed by atoms with Crippen molar-refractivity contribution in [3.8, 4) is 28.6 Å². The van der Waals surface area contributed by atoms with Crippen molar-refractivity contribution < 1.29 is 14.2 Å². The SMILES string of the molecule is CCOc1ccc(-c2n[nH]c(=S)n2CCc2ccc(OC)c(OC)c2)cc1. The molecule has 0 radical (unpaired) electrons. The van der Waals surface area contributed by atoms with Gasteiger partial charge in [-0.15, -0.1) is 0 Å². The monoisotopic (exact) mass is 385 g/mol. The Morgan fingerprint density at radius 2 is 1.78 bits per heavy atom. The molecule has 3 rings (SSSR count). The van der Waals surface area contributed by atoms with E-state index in [1.807, 2.05) is 54.0 Å². The summed E-state index contributed by atoms with van der Waals surface area (Å²) in [5.74, 6) is 3.09. The van der Waals surface area contributed by atoms with Gasteiger partial charge < -0.3 is 14.2 Å². The largest absolute Gasteiger partial charge is 0.494 e.